The van der Waals surface area contributed by atoms with Gasteiger partial charge < -0.3 is 9.72 Å². The molecule has 4 aromatic rings. The lowest BCUT2D eigenvalue weighted by molar-refractivity contribution is -0.127. The van der Waals surface area contributed by atoms with Gasteiger partial charge in [0.1, 0.15) is 5.75 Å². The van der Waals surface area contributed by atoms with Gasteiger partial charge in [0.05, 0.1) is 6.21 Å². The van der Waals surface area contributed by atoms with Gasteiger partial charge in [0.2, 0.25) is 0 Å². The summed E-state index contributed by atoms with van der Waals surface area (Å²) in [4.78, 5) is 15.4. The summed E-state index contributed by atoms with van der Waals surface area (Å²) in [7, 11) is 0. The van der Waals surface area contributed by atoms with E-state index in [1.807, 2.05) is 72.9 Å². The average molecular weight is 357 g/mol. The largest absolute Gasteiger partial charge is 0.481 e. The summed E-state index contributed by atoms with van der Waals surface area (Å²) in [6.07, 6.45) is 2.82. The summed E-state index contributed by atoms with van der Waals surface area (Å²) in [6, 6.07) is 21.7. The minimum absolute atomic E-state index is 0.306. The molecule has 0 aliphatic carbocycles. The van der Waals surface area contributed by atoms with Crippen LogP contribution in [0.25, 0.3) is 21.7 Å². The zero-order chi connectivity index (χ0) is 18.6. The highest BCUT2D eigenvalue weighted by Crippen LogP contribution is 2.21. The Morgan fingerprint density at radius 3 is 2.74 bits per heavy atom. The monoisotopic (exact) mass is 357 g/mol. The maximum Gasteiger partial charge on any atom is 0.280 e. The first-order valence-electron chi connectivity index (χ1n) is 8.75. The molecule has 0 saturated heterocycles. The van der Waals surface area contributed by atoms with Gasteiger partial charge in [0.25, 0.3) is 5.91 Å². The molecule has 1 unspecified atom stereocenters. The van der Waals surface area contributed by atoms with Gasteiger partial charge in [-0.3, -0.25) is 4.79 Å². The van der Waals surface area contributed by atoms with Gasteiger partial charge in [-0.1, -0.05) is 48.5 Å². The highest BCUT2D eigenvalue weighted by atomic mass is 16.5. The fraction of sp³-hybridized carbons (Fsp3) is 0.0909. The summed E-state index contributed by atoms with van der Waals surface area (Å²) in [6.45, 7) is 1.70. The van der Waals surface area contributed by atoms with Gasteiger partial charge in [0.15, 0.2) is 6.10 Å². The van der Waals surface area contributed by atoms with E-state index < -0.39 is 6.10 Å². The van der Waals surface area contributed by atoms with Crippen LogP contribution in [0.15, 0.2) is 78.0 Å². The van der Waals surface area contributed by atoms with Crippen LogP contribution in [-0.4, -0.2) is 23.2 Å². The van der Waals surface area contributed by atoms with Gasteiger partial charge in [-0.2, -0.15) is 5.10 Å². The van der Waals surface area contributed by atoms with E-state index in [2.05, 4.69) is 15.5 Å². The second-order valence-corrected chi connectivity index (χ2v) is 6.29. The Morgan fingerprint density at radius 1 is 1.07 bits per heavy atom. The zero-order valence-electron chi connectivity index (χ0n) is 14.8. The molecule has 0 saturated carbocycles. The molecule has 3 aromatic carbocycles. The van der Waals surface area contributed by atoms with E-state index in [0.717, 1.165) is 27.2 Å². The fourth-order valence-corrected chi connectivity index (χ4v) is 2.96. The molecule has 2 N–H and O–H groups in total. The van der Waals surface area contributed by atoms with Crippen LogP contribution in [-0.2, 0) is 4.79 Å². The summed E-state index contributed by atoms with van der Waals surface area (Å²) in [5.74, 6) is 0.344. The minimum atomic E-state index is -0.661. The number of nitrogens with one attached hydrogen (secondary N) is 2. The minimum Gasteiger partial charge on any atom is -0.481 e. The molecule has 0 aliphatic rings. The Bertz CT molecular complexity index is 1130. The molecule has 5 nitrogen and oxygen atoms in total. The summed E-state index contributed by atoms with van der Waals surface area (Å²) in [5, 5.41) is 7.30. The first-order valence-corrected chi connectivity index (χ1v) is 8.75. The third-order valence-electron chi connectivity index (χ3n) is 4.40. The van der Waals surface area contributed by atoms with Crippen LogP contribution in [0.5, 0.6) is 5.75 Å². The molecular weight excluding hydrogens is 338 g/mol. The number of hydrogen-bond acceptors (Lipinski definition) is 3. The number of carbonyl (C=O) groups excluding carboxylic acids is 1. The van der Waals surface area contributed by atoms with Gasteiger partial charge in [-0.25, -0.2) is 5.43 Å². The topological polar surface area (TPSA) is 66.5 Å². The number of para-hydroxylation sites is 1. The van der Waals surface area contributed by atoms with Crippen LogP contribution in [0.1, 0.15) is 12.5 Å². The quantitative estimate of drug-likeness (QED) is 0.414. The SMILES string of the molecule is CC(Oc1ccc2ccccc2c1)C(=O)NN=Cc1c[nH]c2ccccc12. The van der Waals surface area contributed by atoms with Crippen LogP contribution < -0.4 is 10.2 Å². The second kappa shape index (κ2) is 7.33. The lowest BCUT2D eigenvalue weighted by atomic mass is 10.1. The van der Waals surface area contributed by atoms with E-state index in [0.29, 0.717) is 5.75 Å². The second-order valence-electron chi connectivity index (χ2n) is 6.29. The molecular formula is C22H19N3O2. The molecule has 0 fully saturated rings. The molecule has 1 heterocycles. The highest BCUT2D eigenvalue weighted by molar-refractivity contribution is 5.99. The number of benzene rings is 3. The van der Waals surface area contributed by atoms with Crippen LogP contribution in [0.4, 0.5) is 0 Å². The number of H-pyrrole nitrogens is 1. The number of rotatable bonds is 5. The highest BCUT2D eigenvalue weighted by Gasteiger charge is 2.14. The number of hydrogen-bond donors (Lipinski definition) is 2. The number of aromatic amines is 1. The lowest BCUT2D eigenvalue weighted by Crippen LogP contribution is -2.33. The van der Waals surface area contributed by atoms with Crippen LogP contribution >= 0.6 is 0 Å². The normalized spacial score (nSPS) is 12.5. The van der Waals surface area contributed by atoms with Crippen LogP contribution in [0.3, 0.4) is 0 Å². The molecule has 1 amide bonds. The van der Waals surface area contributed by atoms with Crippen molar-refractivity contribution in [2.45, 2.75) is 13.0 Å². The molecule has 0 aliphatic heterocycles. The predicted octanol–water partition coefficient (Wildman–Crippen LogP) is 4.24. The van der Waals surface area contributed by atoms with E-state index in [1.54, 1.807) is 13.1 Å². The Labute approximate surface area is 156 Å². The Balaban J connectivity index is 1.40. The molecule has 1 aromatic heterocycles. The standard InChI is InChI=1S/C22H19N3O2/c1-15(27-19-11-10-16-6-2-3-7-17(16)12-19)22(26)25-24-14-18-13-23-21-9-5-4-8-20(18)21/h2-15,23H,1H3,(H,25,26). The number of nitrogens with zero attached hydrogens (tertiary/aromatic N) is 1. The summed E-state index contributed by atoms with van der Waals surface area (Å²) in [5.41, 5.74) is 4.47. The van der Waals surface area contributed by atoms with Crippen molar-refractivity contribution in [1.29, 1.82) is 0 Å². The van der Waals surface area contributed by atoms with Gasteiger partial charge >= 0.3 is 0 Å². The van der Waals surface area contributed by atoms with Gasteiger partial charge in [-0.15, -0.1) is 0 Å². The fourth-order valence-electron chi connectivity index (χ4n) is 2.96. The third-order valence-corrected chi connectivity index (χ3v) is 4.40. The van der Waals surface area contributed by atoms with Gasteiger partial charge in [0, 0.05) is 22.7 Å². The number of aromatic nitrogens is 1. The molecule has 5 heteroatoms. The van der Waals surface area contributed by atoms with Crippen molar-refractivity contribution in [3.05, 3.63) is 78.5 Å². The van der Waals surface area contributed by atoms with Gasteiger partial charge in [-0.05, 0) is 35.9 Å². The first kappa shape index (κ1) is 16.8. The molecule has 1 atom stereocenters. The molecule has 0 radical (unpaired) electrons. The average Bonchev–Trinajstić information content (AvgIpc) is 3.11. The van der Waals surface area contributed by atoms with Crippen LogP contribution in [0.2, 0.25) is 0 Å². The maximum absolute atomic E-state index is 12.2. The van der Waals surface area contributed by atoms with E-state index in [-0.39, 0.29) is 5.91 Å². The number of carbonyl (C=O) groups is 1. The lowest BCUT2D eigenvalue weighted by Gasteiger charge is -2.13. The maximum atomic E-state index is 12.2. The third kappa shape index (κ3) is 3.67. The van der Waals surface area contributed by atoms with Crippen molar-refractivity contribution in [3.8, 4) is 5.75 Å². The van der Waals surface area contributed by atoms with Crippen LogP contribution in [0, 0.1) is 0 Å². The molecule has 0 spiro atoms. The van der Waals surface area contributed by atoms with Crippen molar-refractivity contribution in [1.82, 2.24) is 10.4 Å². The Hall–Kier alpha value is -3.60. The predicted molar refractivity (Wildman–Crippen MR) is 108 cm³/mol. The molecule has 134 valence electrons. The zero-order valence-corrected chi connectivity index (χ0v) is 14.8. The smallest absolute Gasteiger partial charge is 0.280 e. The van der Waals surface area contributed by atoms with Crippen molar-refractivity contribution in [2.24, 2.45) is 5.10 Å². The molecule has 4 rings (SSSR count). The molecule has 0 bridgehead atoms. The summed E-state index contributed by atoms with van der Waals surface area (Å²) < 4.78 is 5.75. The van der Waals surface area contributed by atoms with Crippen molar-refractivity contribution in [2.75, 3.05) is 0 Å². The van der Waals surface area contributed by atoms with Crippen molar-refractivity contribution in [3.63, 3.8) is 0 Å². The Morgan fingerprint density at radius 2 is 1.85 bits per heavy atom. The number of amides is 1. The van der Waals surface area contributed by atoms with Crippen molar-refractivity contribution < 1.29 is 9.53 Å². The van der Waals surface area contributed by atoms with E-state index in [9.17, 15) is 4.79 Å². The Kier molecular flexibility index (Phi) is 4.58. The number of fused-ring (bicyclic) bond motifs is 2. The van der Waals surface area contributed by atoms with E-state index in [1.165, 1.54) is 0 Å². The molecule has 27 heavy (non-hydrogen) atoms. The first-order chi connectivity index (χ1) is 13.2. The number of hydrazone groups is 1. The van der Waals surface area contributed by atoms with Crippen molar-refractivity contribution >= 4 is 33.8 Å². The van der Waals surface area contributed by atoms with E-state index >= 15 is 0 Å². The number of ether oxygens (including phenoxy) is 1. The van der Waals surface area contributed by atoms with E-state index in [4.69, 9.17) is 4.74 Å². The summed E-state index contributed by atoms with van der Waals surface area (Å²) >= 11 is 0.